The minimum Gasteiger partial charge on any atom is -0.0654 e. The number of hydrogen-bond donors (Lipinski definition) is 0. The van der Waals surface area contributed by atoms with Gasteiger partial charge in [0.2, 0.25) is 0 Å². The van der Waals surface area contributed by atoms with E-state index in [1.165, 1.54) is 32.1 Å². The maximum absolute atomic E-state index is 2.42. The van der Waals surface area contributed by atoms with Gasteiger partial charge in [0.15, 0.2) is 0 Å². The molecule has 0 saturated heterocycles. The largest absolute Gasteiger partial charge is 0.0654 e. The molecule has 0 heterocycles. The van der Waals surface area contributed by atoms with Gasteiger partial charge in [0.05, 0.1) is 0 Å². The lowest BCUT2D eigenvalue weighted by atomic mass is 9.84. The van der Waals surface area contributed by atoms with Crippen molar-refractivity contribution in [2.75, 3.05) is 0 Å². The quantitative estimate of drug-likeness (QED) is 0.497. The summed E-state index contributed by atoms with van der Waals surface area (Å²) in [6.45, 7) is 14.2. The van der Waals surface area contributed by atoms with E-state index in [2.05, 4.69) is 41.5 Å². The highest BCUT2D eigenvalue weighted by Crippen LogP contribution is 2.26. The summed E-state index contributed by atoms with van der Waals surface area (Å²) in [5.74, 6) is 3.62. The molecule has 2 unspecified atom stereocenters. The van der Waals surface area contributed by atoms with Crippen molar-refractivity contribution in [2.24, 2.45) is 23.7 Å². The molecule has 0 aromatic heterocycles. The third-order valence-electron chi connectivity index (χ3n) is 3.51. The summed E-state index contributed by atoms with van der Waals surface area (Å²) in [6.07, 6.45) is 7.05. The molecule has 0 nitrogen and oxygen atoms in total. The Bertz CT molecular complexity index is 135. The third-order valence-corrected chi connectivity index (χ3v) is 3.51. The molecule has 0 aliphatic carbocycles. The lowest BCUT2D eigenvalue weighted by molar-refractivity contribution is 0.291. The lowest BCUT2D eigenvalue weighted by Gasteiger charge is -2.22. The topological polar surface area (TPSA) is 0 Å². The minimum absolute atomic E-state index is 0.865. The molecule has 0 aliphatic rings. The molecule has 0 aromatic carbocycles. The highest BCUT2D eigenvalue weighted by atomic mass is 14.2. The highest BCUT2D eigenvalue weighted by molar-refractivity contribution is 4.65. The van der Waals surface area contributed by atoms with Crippen molar-refractivity contribution < 1.29 is 0 Å². The fourth-order valence-electron chi connectivity index (χ4n) is 2.60. The monoisotopic (exact) mass is 212 g/mol. The fourth-order valence-corrected chi connectivity index (χ4v) is 2.60. The summed E-state index contributed by atoms with van der Waals surface area (Å²) < 4.78 is 0. The zero-order chi connectivity index (χ0) is 11.8. The Morgan fingerprint density at radius 3 is 1.80 bits per heavy atom. The molecule has 15 heavy (non-hydrogen) atoms. The first kappa shape index (κ1) is 15.0. The Morgan fingerprint density at radius 1 is 0.800 bits per heavy atom. The van der Waals surface area contributed by atoms with E-state index in [-0.39, 0.29) is 0 Å². The molecule has 0 heteroatoms. The van der Waals surface area contributed by atoms with Crippen molar-refractivity contribution in [3.8, 4) is 0 Å². The van der Waals surface area contributed by atoms with Gasteiger partial charge in [-0.1, -0.05) is 60.8 Å². The second-order valence-electron chi connectivity index (χ2n) is 6.10. The summed E-state index contributed by atoms with van der Waals surface area (Å²) in [4.78, 5) is 0. The van der Waals surface area contributed by atoms with Crippen LogP contribution in [0.2, 0.25) is 0 Å². The molecule has 0 radical (unpaired) electrons. The maximum atomic E-state index is 2.42. The van der Waals surface area contributed by atoms with Crippen LogP contribution >= 0.6 is 0 Å². The zero-order valence-electron chi connectivity index (χ0n) is 11.8. The van der Waals surface area contributed by atoms with Gasteiger partial charge in [-0.05, 0) is 36.5 Å². The van der Waals surface area contributed by atoms with E-state index < -0.39 is 0 Å². The SMILES string of the molecule is CCCC(CCC(C)CC(C)C)C(C)C. The van der Waals surface area contributed by atoms with Crippen molar-refractivity contribution in [2.45, 2.75) is 73.6 Å². The van der Waals surface area contributed by atoms with Gasteiger partial charge in [-0.3, -0.25) is 0 Å². The first-order chi connectivity index (χ1) is 6.97. The van der Waals surface area contributed by atoms with E-state index in [9.17, 15) is 0 Å². The van der Waals surface area contributed by atoms with E-state index in [1.54, 1.807) is 0 Å². The van der Waals surface area contributed by atoms with E-state index in [0.29, 0.717) is 0 Å². The molecule has 0 N–H and O–H groups in total. The lowest BCUT2D eigenvalue weighted by Crippen LogP contribution is -2.11. The van der Waals surface area contributed by atoms with Crippen LogP contribution in [0.1, 0.15) is 73.6 Å². The molecule has 0 aromatic rings. The molecule has 0 saturated carbocycles. The normalized spacial score (nSPS) is 16.0. The molecular weight excluding hydrogens is 180 g/mol. The molecule has 0 aliphatic heterocycles. The first-order valence-corrected chi connectivity index (χ1v) is 6.97. The van der Waals surface area contributed by atoms with Crippen molar-refractivity contribution in [3.63, 3.8) is 0 Å². The minimum atomic E-state index is 0.865. The Kier molecular flexibility index (Phi) is 8.19. The van der Waals surface area contributed by atoms with Crippen LogP contribution in [0.15, 0.2) is 0 Å². The van der Waals surface area contributed by atoms with Gasteiger partial charge in [-0.25, -0.2) is 0 Å². The number of hydrogen-bond acceptors (Lipinski definition) is 0. The van der Waals surface area contributed by atoms with Gasteiger partial charge in [-0.15, -0.1) is 0 Å². The smallest absolute Gasteiger partial charge is 0.0391 e. The van der Waals surface area contributed by atoms with Crippen LogP contribution in [0, 0.1) is 23.7 Å². The Morgan fingerprint density at radius 2 is 1.40 bits per heavy atom. The number of rotatable bonds is 8. The van der Waals surface area contributed by atoms with Crippen LogP contribution in [-0.2, 0) is 0 Å². The van der Waals surface area contributed by atoms with Crippen molar-refractivity contribution in [3.05, 3.63) is 0 Å². The summed E-state index contributed by atoms with van der Waals surface area (Å²) >= 11 is 0. The highest BCUT2D eigenvalue weighted by Gasteiger charge is 2.14. The van der Waals surface area contributed by atoms with E-state index in [0.717, 1.165) is 23.7 Å². The first-order valence-electron chi connectivity index (χ1n) is 6.97. The maximum Gasteiger partial charge on any atom is -0.0391 e. The second-order valence-corrected chi connectivity index (χ2v) is 6.10. The molecule has 0 spiro atoms. The van der Waals surface area contributed by atoms with Gasteiger partial charge < -0.3 is 0 Å². The molecular formula is C15H32. The van der Waals surface area contributed by atoms with E-state index in [1.807, 2.05) is 0 Å². The van der Waals surface area contributed by atoms with Crippen LogP contribution in [0.3, 0.4) is 0 Å². The molecule has 2 atom stereocenters. The average Bonchev–Trinajstić information content (AvgIpc) is 2.10. The van der Waals surface area contributed by atoms with Crippen molar-refractivity contribution in [1.82, 2.24) is 0 Å². The van der Waals surface area contributed by atoms with Crippen molar-refractivity contribution >= 4 is 0 Å². The molecule has 92 valence electrons. The predicted octanol–water partition coefficient (Wildman–Crippen LogP) is 5.52. The summed E-state index contributed by atoms with van der Waals surface area (Å²) in [5, 5.41) is 0. The van der Waals surface area contributed by atoms with Gasteiger partial charge in [-0.2, -0.15) is 0 Å². The Balaban J connectivity index is 3.77. The Hall–Kier alpha value is 0. The van der Waals surface area contributed by atoms with Crippen LogP contribution in [0.4, 0.5) is 0 Å². The standard InChI is InChI=1S/C15H32/c1-7-8-15(13(4)5)10-9-14(6)11-12(2)3/h12-15H,7-11H2,1-6H3. The van der Waals surface area contributed by atoms with Gasteiger partial charge >= 0.3 is 0 Å². The summed E-state index contributed by atoms with van der Waals surface area (Å²) in [7, 11) is 0. The molecule has 0 fully saturated rings. The second kappa shape index (κ2) is 8.19. The molecule has 0 amide bonds. The third kappa shape index (κ3) is 7.88. The van der Waals surface area contributed by atoms with Crippen LogP contribution < -0.4 is 0 Å². The zero-order valence-corrected chi connectivity index (χ0v) is 11.8. The molecule has 0 rings (SSSR count). The summed E-state index contributed by atoms with van der Waals surface area (Å²) in [5.41, 5.74) is 0. The fraction of sp³-hybridized carbons (Fsp3) is 1.00. The Labute approximate surface area is 97.8 Å². The van der Waals surface area contributed by atoms with E-state index in [4.69, 9.17) is 0 Å². The van der Waals surface area contributed by atoms with Crippen LogP contribution in [0.5, 0.6) is 0 Å². The average molecular weight is 212 g/mol. The summed E-state index contributed by atoms with van der Waals surface area (Å²) in [6, 6.07) is 0. The molecule has 0 bridgehead atoms. The van der Waals surface area contributed by atoms with Gasteiger partial charge in [0.25, 0.3) is 0 Å². The van der Waals surface area contributed by atoms with Crippen LogP contribution in [-0.4, -0.2) is 0 Å². The van der Waals surface area contributed by atoms with Gasteiger partial charge in [0.1, 0.15) is 0 Å². The van der Waals surface area contributed by atoms with Crippen LogP contribution in [0.25, 0.3) is 0 Å². The van der Waals surface area contributed by atoms with Crippen molar-refractivity contribution in [1.29, 1.82) is 0 Å². The van der Waals surface area contributed by atoms with Gasteiger partial charge in [0, 0.05) is 0 Å². The predicted molar refractivity (Wildman–Crippen MR) is 71.1 cm³/mol. The van der Waals surface area contributed by atoms with E-state index >= 15 is 0 Å².